The minimum Gasteiger partial charge on any atom is -0.459 e. The fourth-order valence-electron chi connectivity index (χ4n) is 1.81. The summed E-state index contributed by atoms with van der Waals surface area (Å²) in [5, 5.41) is 0.159. The van der Waals surface area contributed by atoms with Gasteiger partial charge < -0.3 is 9.72 Å². The zero-order valence-corrected chi connectivity index (χ0v) is 11.4. The summed E-state index contributed by atoms with van der Waals surface area (Å²) < 4.78 is 5.30. The Bertz CT molecular complexity index is 568. The van der Waals surface area contributed by atoms with Crippen molar-refractivity contribution in [1.29, 1.82) is 0 Å². The molecule has 0 spiro atoms. The summed E-state index contributed by atoms with van der Waals surface area (Å²) in [6.07, 6.45) is 1.83. The van der Waals surface area contributed by atoms with E-state index in [0.29, 0.717) is 0 Å². The van der Waals surface area contributed by atoms with Crippen molar-refractivity contribution < 1.29 is 9.53 Å². The standard InChI is InChI=1S/C14H16ClNO2/c1-14(2,3)18-13(17)12(15)10-5-4-6-11-9(10)7-8-16-11/h4-8,12,16H,1-3H3. The molecule has 2 aromatic rings. The van der Waals surface area contributed by atoms with E-state index < -0.39 is 16.9 Å². The number of alkyl halides is 1. The van der Waals surface area contributed by atoms with Gasteiger partial charge >= 0.3 is 5.97 Å². The summed E-state index contributed by atoms with van der Waals surface area (Å²) >= 11 is 6.21. The monoisotopic (exact) mass is 265 g/mol. The van der Waals surface area contributed by atoms with Gasteiger partial charge in [0, 0.05) is 17.1 Å². The van der Waals surface area contributed by atoms with Crippen molar-refractivity contribution in [1.82, 2.24) is 4.98 Å². The van der Waals surface area contributed by atoms with Crippen LogP contribution >= 0.6 is 11.6 Å². The zero-order valence-electron chi connectivity index (χ0n) is 10.7. The average Bonchev–Trinajstić information content (AvgIpc) is 2.73. The van der Waals surface area contributed by atoms with Gasteiger partial charge in [0.2, 0.25) is 0 Å². The maximum absolute atomic E-state index is 12.0. The molecular weight excluding hydrogens is 250 g/mol. The number of hydrogen-bond donors (Lipinski definition) is 1. The first-order valence-electron chi connectivity index (χ1n) is 5.81. The molecule has 18 heavy (non-hydrogen) atoms. The molecule has 0 aliphatic heterocycles. The second-order valence-corrected chi connectivity index (χ2v) is 5.62. The Morgan fingerprint density at radius 2 is 2.06 bits per heavy atom. The molecular formula is C14H16ClNO2. The van der Waals surface area contributed by atoms with E-state index >= 15 is 0 Å². The second-order valence-electron chi connectivity index (χ2n) is 5.18. The molecule has 1 aromatic carbocycles. The molecule has 1 unspecified atom stereocenters. The number of aromatic nitrogens is 1. The van der Waals surface area contributed by atoms with E-state index in [-0.39, 0.29) is 0 Å². The number of hydrogen-bond acceptors (Lipinski definition) is 2. The number of carbonyl (C=O) groups is 1. The Kier molecular flexibility index (Phi) is 3.35. The molecule has 0 saturated heterocycles. The van der Waals surface area contributed by atoms with E-state index in [9.17, 15) is 4.79 Å². The molecule has 1 aromatic heterocycles. The summed E-state index contributed by atoms with van der Waals surface area (Å²) in [6, 6.07) is 7.56. The van der Waals surface area contributed by atoms with E-state index in [0.717, 1.165) is 16.5 Å². The Morgan fingerprint density at radius 1 is 1.33 bits per heavy atom. The van der Waals surface area contributed by atoms with Gasteiger partial charge in [-0.25, -0.2) is 0 Å². The summed E-state index contributed by atoms with van der Waals surface area (Å²) in [5.74, 6) is -0.419. The van der Waals surface area contributed by atoms with Crippen molar-refractivity contribution in [3.05, 3.63) is 36.0 Å². The van der Waals surface area contributed by atoms with Gasteiger partial charge in [-0.15, -0.1) is 11.6 Å². The molecule has 0 saturated carbocycles. The molecule has 0 fully saturated rings. The predicted molar refractivity (Wildman–Crippen MR) is 72.7 cm³/mol. The molecule has 1 heterocycles. The van der Waals surface area contributed by atoms with Crippen LogP contribution in [0.15, 0.2) is 30.5 Å². The molecule has 0 aliphatic carbocycles. The van der Waals surface area contributed by atoms with Crippen LogP contribution in [0, 0.1) is 0 Å². The maximum Gasteiger partial charge on any atom is 0.329 e. The third-order valence-corrected chi connectivity index (χ3v) is 2.93. The van der Waals surface area contributed by atoms with Gasteiger partial charge in [0.05, 0.1) is 0 Å². The third-order valence-electron chi connectivity index (χ3n) is 2.52. The normalized spacial score (nSPS) is 13.6. The number of esters is 1. The third kappa shape index (κ3) is 2.67. The van der Waals surface area contributed by atoms with Crippen molar-refractivity contribution in [3.63, 3.8) is 0 Å². The Balaban J connectivity index is 2.31. The molecule has 1 atom stereocenters. The molecule has 0 aliphatic rings. The highest BCUT2D eigenvalue weighted by atomic mass is 35.5. The van der Waals surface area contributed by atoms with Gasteiger partial charge in [0.15, 0.2) is 5.38 Å². The molecule has 1 N–H and O–H groups in total. The van der Waals surface area contributed by atoms with Crippen molar-refractivity contribution in [2.75, 3.05) is 0 Å². The smallest absolute Gasteiger partial charge is 0.329 e. The number of rotatable bonds is 2. The quantitative estimate of drug-likeness (QED) is 0.663. The van der Waals surface area contributed by atoms with Crippen LogP contribution in [-0.2, 0) is 9.53 Å². The number of halogens is 1. The SMILES string of the molecule is CC(C)(C)OC(=O)C(Cl)c1cccc2[nH]ccc12. The van der Waals surface area contributed by atoms with Crippen LogP contribution in [0.1, 0.15) is 31.7 Å². The molecule has 4 heteroatoms. The number of ether oxygens (including phenoxy) is 1. The lowest BCUT2D eigenvalue weighted by molar-refractivity contribution is -0.154. The lowest BCUT2D eigenvalue weighted by Gasteiger charge is -2.21. The van der Waals surface area contributed by atoms with Crippen LogP contribution in [0.3, 0.4) is 0 Å². The molecule has 3 nitrogen and oxygen atoms in total. The summed E-state index contributed by atoms with van der Waals surface area (Å²) in [7, 11) is 0. The van der Waals surface area contributed by atoms with Crippen molar-refractivity contribution in [2.45, 2.75) is 31.7 Å². The van der Waals surface area contributed by atoms with Crippen LogP contribution in [-0.4, -0.2) is 16.6 Å². The minimum absolute atomic E-state index is 0.419. The minimum atomic E-state index is -0.788. The number of carbonyl (C=O) groups excluding carboxylic acids is 1. The van der Waals surface area contributed by atoms with Crippen LogP contribution in [0.5, 0.6) is 0 Å². The molecule has 0 amide bonds. The Labute approximate surface area is 111 Å². The number of aromatic amines is 1. The first kappa shape index (κ1) is 13.0. The van der Waals surface area contributed by atoms with E-state index in [1.165, 1.54) is 0 Å². The van der Waals surface area contributed by atoms with Gasteiger partial charge in [-0.05, 0) is 38.5 Å². The lowest BCUT2D eigenvalue weighted by atomic mass is 10.1. The van der Waals surface area contributed by atoms with Gasteiger partial charge in [0.1, 0.15) is 5.60 Å². The number of nitrogens with one attached hydrogen (secondary N) is 1. The Morgan fingerprint density at radius 3 is 2.72 bits per heavy atom. The average molecular weight is 266 g/mol. The molecule has 2 rings (SSSR count). The summed E-state index contributed by atoms with van der Waals surface area (Å²) in [4.78, 5) is 15.1. The van der Waals surface area contributed by atoms with Gasteiger partial charge in [-0.1, -0.05) is 12.1 Å². The predicted octanol–water partition coefficient (Wildman–Crippen LogP) is 3.79. The lowest BCUT2D eigenvalue weighted by Crippen LogP contribution is -2.26. The van der Waals surface area contributed by atoms with Crippen LogP contribution in [0.2, 0.25) is 0 Å². The van der Waals surface area contributed by atoms with Crippen molar-refractivity contribution in [3.8, 4) is 0 Å². The number of benzene rings is 1. The highest BCUT2D eigenvalue weighted by Crippen LogP contribution is 2.30. The fourth-order valence-corrected chi connectivity index (χ4v) is 2.05. The highest BCUT2D eigenvalue weighted by Gasteiger charge is 2.26. The Hall–Kier alpha value is -1.48. The first-order chi connectivity index (χ1) is 8.38. The first-order valence-corrected chi connectivity index (χ1v) is 6.25. The summed E-state index contributed by atoms with van der Waals surface area (Å²) in [6.45, 7) is 5.47. The van der Waals surface area contributed by atoms with Gasteiger partial charge in [-0.2, -0.15) is 0 Å². The molecule has 96 valence electrons. The van der Waals surface area contributed by atoms with Crippen LogP contribution in [0.25, 0.3) is 10.9 Å². The van der Waals surface area contributed by atoms with Gasteiger partial charge in [-0.3, -0.25) is 4.79 Å². The second kappa shape index (κ2) is 4.65. The van der Waals surface area contributed by atoms with Gasteiger partial charge in [0.25, 0.3) is 0 Å². The van der Waals surface area contributed by atoms with Crippen molar-refractivity contribution >= 4 is 28.5 Å². The molecule has 0 radical (unpaired) electrons. The van der Waals surface area contributed by atoms with Crippen molar-refractivity contribution in [2.24, 2.45) is 0 Å². The zero-order chi connectivity index (χ0) is 13.3. The largest absolute Gasteiger partial charge is 0.459 e. The molecule has 0 bridgehead atoms. The summed E-state index contributed by atoms with van der Waals surface area (Å²) in [5.41, 5.74) is 1.20. The van der Waals surface area contributed by atoms with E-state index in [1.54, 1.807) is 0 Å². The fraction of sp³-hybridized carbons (Fsp3) is 0.357. The van der Waals surface area contributed by atoms with E-state index in [2.05, 4.69) is 4.98 Å². The highest BCUT2D eigenvalue weighted by molar-refractivity contribution is 6.30. The van der Waals surface area contributed by atoms with E-state index in [4.69, 9.17) is 16.3 Å². The maximum atomic E-state index is 12.0. The van der Waals surface area contributed by atoms with Crippen LogP contribution < -0.4 is 0 Å². The topological polar surface area (TPSA) is 42.1 Å². The van der Waals surface area contributed by atoms with E-state index in [1.807, 2.05) is 51.2 Å². The number of H-pyrrole nitrogens is 1. The van der Waals surface area contributed by atoms with Crippen LogP contribution in [0.4, 0.5) is 0 Å². The number of fused-ring (bicyclic) bond motifs is 1.